The molecule has 0 aliphatic carbocycles. The zero-order valence-electron chi connectivity index (χ0n) is 12.7. The van der Waals surface area contributed by atoms with Gasteiger partial charge in [-0.2, -0.15) is 0 Å². The van der Waals surface area contributed by atoms with Crippen LogP contribution in [0.15, 0.2) is 17.7 Å². The highest BCUT2D eigenvalue weighted by molar-refractivity contribution is 6.32. The van der Waals surface area contributed by atoms with Gasteiger partial charge in [0.15, 0.2) is 11.5 Å². The van der Waals surface area contributed by atoms with Gasteiger partial charge in [-0.1, -0.05) is 11.6 Å². The molecule has 0 unspecified atom stereocenters. The minimum absolute atomic E-state index is 0.0401. The van der Waals surface area contributed by atoms with Crippen LogP contribution in [0.3, 0.4) is 0 Å². The number of ether oxygens (including phenoxy) is 3. The van der Waals surface area contributed by atoms with Crippen LogP contribution in [-0.4, -0.2) is 38.4 Å². The van der Waals surface area contributed by atoms with Crippen LogP contribution in [0.4, 0.5) is 0 Å². The maximum Gasteiger partial charge on any atom is 0.334 e. The monoisotopic (exact) mass is 328 g/mol. The molecule has 0 atom stereocenters. The van der Waals surface area contributed by atoms with Gasteiger partial charge < -0.3 is 19.3 Å². The van der Waals surface area contributed by atoms with Crippen molar-refractivity contribution in [2.75, 3.05) is 21.3 Å². The van der Waals surface area contributed by atoms with E-state index < -0.39 is 18.4 Å². The van der Waals surface area contributed by atoms with E-state index in [2.05, 4.69) is 4.74 Å². The Balaban J connectivity index is 3.48. The van der Waals surface area contributed by atoms with E-state index in [0.29, 0.717) is 22.6 Å². The molecule has 0 bridgehead atoms. The number of halogens is 1. The summed E-state index contributed by atoms with van der Waals surface area (Å²) in [6, 6.07) is 3.19. The van der Waals surface area contributed by atoms with Crippen LogP contribution in [-0.2, 0) is 14.3 Å². The smallest absolute Gasteiger partial charge is 0.334 e. The summed E-state index contributed by atoms with van der Waals surface area (Å²) in [7, 11) is 4.10. The van der Waals surface area contributed by atoms with Crippen LogP contribution in [0, 0.1) is 0 Å². The first-order valence-electron chi connectivity index (χ1n) is 6.27. The number of carbonyl (C=O) groups is 2. The molecule has 1 aromatic rings. The number of hydrogen-bond donors (Lipinski definition) is 1. The van der Waals surface area contributed by atoms with Crippen molar-refractivity contribution in [1.82, 2.24) is 0 Å². The second kappa shape index (κ2) is 7.70. The Bertz CT molecular complexity index is 621. The minimum atomic E-state index is -1.13. The molecular formula is C15H17ClO6. The molecular weight excluding hydrogens is 312 g/mol. The maximum absolute atomic E-state index is 11.8. The Hall–Kier alpha value is -2.21. The number of carbonyl (C=O) groups excluding carboxylic acids is 1. The maximum atomic E-state index is 11.8. The molecule has 1 aromatic carbocycles. The Morgan fingerprint density at radius 1 is 1.18 bits per heavy atom. The third-order valence-electron chi connectivity index (χ3n) is 3.08. The molecule has 0 saturated heterocycles. The molecule has 6 nitrogen and oxygen atoms in total. The Morgan fingerprint density at radius 3 is 2.27 bits per heavy atom. The van der Waals surface area contributed by atoms with Gasteiger partial charge >= 0.3 is 11.9 Å². The molecule has 0 aromatic heterocycles. The molecule has 22 heavy (non-hydrogen) atoms. The molecule has 0 saturated carbocycles. The fourth-order valence-corrected chi connectivity index (χ4v) is 2.23. The van der Waals surface area contributed by atoms with E-state index in [1.54, 1.807) is 19.1 Å². The average Bonchev–Trinajstić information content (AvgIpc) is 2.49. The Morgan fingerprint density at radius 2 is 1.82 bits per heavy atom. The molecule has 0 heterocycles. The number of hydrogen-bond acceptors (Lipinski definition) is 5. The average molecular weight is 329 g/mol. The second-order valence-corrected chi connectivity index (χ2v) is 4.77. The summed E-state index contributed by atoms with van der Waals surface area (Å²) < 4.78 is 15.0. The van der Waals surface area contributed by atoms with Gasteiger partial charge in [-0.15, -0.1) is 0 Å². The van der Waals surface area contributed by atoms with Gasteiger partial charge in [-0.25, -0.2) is 4.79 Å². The number of rotatable bonds is 6. The predicted octanol–water partition coefficient (Wildman–Crippen LogP) is 2.78. The van der Waals surface area contributed by atoms with Gasteiger partial charge in [0.05, 0.1) is 38.3 Å². The molecule has 0 aliphatic rings. The first kappa shape index (κ1) is 17.8. The summed E-state index contributed by atoms with van der Waals surface area (Å²) >= 11 is 6.12. The molecule has 0 fully saturated rings. The topological polar surface area (TPSA) is 82.1 Å². The lowest BCUT2D eigenvalue weighted by atomic mass is 9.98. The SMILES string of the molecule is COC(=O)/C(CC(=O)O)=C(\C)c1cc(Cl)c(OC)c(OC)c1. The van der Waals surface area contributed by atoms with E-state index in [-0.39, 0.29) is 10.6 Å². The molecule has 0 spiro atoms. The normalized spacial score (nSPS) is 11.5. The summed E-state index contributed by atoms with van der Waals surface area (Å²) in [6.45, 7) is 1.62. The largest absolute Gasteiger partial charge is 0.493 e. The van der Waals surface area contributed by atoms with Gasteiger partial charge in [0.2, 0.25) is 0 Å². The Labute approximate surface area is 133 Å². The lowest BCUT2D eigenvalue weighted by molar-refractivity contribution is -0.141. The van der Waals surface area contributed by atoms with Crippen LogP contribution < -0.4 is 9.47 Å². The van der Waals surface area contributed by atoms with Crippen molar-refractivity contribution in [3.05, 3.63) is 28.3 Å². The van der Waals surface area contributed by atoms with Crippen LogP contribution in [0.5, 0.6) is 11.5 Å². The third-order valence-corrected chi connectivity index (χ3v) is 3.36. The number of methoxy groups -OCH3 is 3. The van der Waals surface area contributed by atoms with Crippen molar-refractivity contribution in [1.29, 1.82) is 0 Å². The van der Waals surface area contributed by atoms with Gasteiger partial charge in [0.1, 0.15) is 0 Å². The molecule has 1 N–H and O–H groups in total. The highest BCUT2D eigenvalue weighted by Crippen LogP contribution is 2.38. The lowest BCUT2D eigenvalue weighted by Gasteiger charge is -2.14. The number of allylic oxidation sites excluding steroid dienone is 1. The summed E-state index contributed by atoms with van der Waals surface area (Å²) in [5.41, 5.74) is 1.03. The molecule has 7 heteroatoms. The fourth-order valence-electron chi connectivity index (χ4n) is 1.94. The van der Waals surface area contributed by atoms with Gasteiger partial charge in [-0.3, -0.25) is 4.79 Å². The zero-order chi connectivity index (χ0) is 16.9. The van der Waals surface area contributed by atoms with E-state index in [1.165, 1.54) is 21.3 Å². The van der Waals surface area contributed by atoms with E-state index in [1.807, 2.05) is 0 Å². The minimum Gasteiger partial charge on any atom is -0.493 e. The van der Waals surface area contributed by atoms with E-state index in [0.717, 1.165) is 0 Å². The van der Waals surface area contributed by atoms with Gasteiger partial charge in [-0.05, 0) is 30.2 Å². The standard InChI is InChI=1S/C15H17ClO6/c1-8(10(7-13(17)18)15(19)22-4)9-5-11(16)14(21-3)12(6-9)20-2/h5-6H,7H2,1-4H3,(H,17,18)/b10-8+. The van der Waals surface area contributed by atoms with Gasteiger partial charge in [0, 0.05) is 0 Å². The van der Waals surface area contributed by atoms with Crippen molar-refractivity contribution in [3.8, 4) is 11.5 Å². The highest BCUT2D eigenvalue weighted by atomic mass is 35.5. The van der Waals surface area contributed by atoms with E-state index >= 15 is 0 Å². The molecule has 0 radical (unpaired) electrons. The number of carboxylic acid groups (broad SMARTS) is 1. The lowest BCUT2D eigenvalue weighted by Crippen LogP contribution is -2.11. The fraction of sp³-hybridized carbons (Fsp3) is 0.333. The second-order valence-electron chi connectivity index (χ2n) is 4.36. The van der Waals surface area contributed by atoms with Crippen molar-refractivity contribution in [2.24, 2.45) is 0 Å². The first-order chi connectivity index (χ1) is 10.3. The van der Waals surface area contributed by atoms with Crippen molar-refractivity contribution >= 4 is 29.1 Å². The van der Waals surface area contributed by atoms with Crippen LogP contribution >= 0.6 is 11.6 Å². The quantitative estimate of drug-likeness (QED) is 0.638. The number of esters is 1. The highest BCUT2D eigenvalue weighted by Gasteiger charge is 2.20. The van der Waals surface area contributed by atoms with Crippen molar-refractivity contribution < 1.29 is 28.9 Å². The number of aliphatic carboxylic acids is 1. The summed E-state index contributed by atoms with van der Waals surface area (Å²) in [6.07, 6.45) is -0.454. The molecule has 120 valence electrons. The molecule has 0 amide bonds. The Kier molecular flexibility index (Phi) is 6.24. The first-order valence-corrected chi connectivity index (χ1v) is 6.65. The third kappa shape index (κ3) is 3.92. The van der Waals surface area contributed by atoms with Crippen LogP contribution in [0.2, 0.25) is 5.02 Å². The predicted molar refractivity (Wildman–Crippen MR) is 81.4 cm³/mol. The van der Waals surface area contributed by atoms with E-state index in [9.17, 15) is 9.59 Å². The summed E-state index contributed by atoms with van der Waals surface area (Å²) in [5.74, 6) is -1.10. The molecule has 0 aliphatic heterocycles. The molecule has 1 rings (SSSR count). The van der Waals surface area contributed by atoms with Crippen LogP contribution in [0.25, 0.3) is 5.57 Å². The summed E-state index contributed by atoms with van der Waals surface area (Å²) in [4.78, 5) is 22.7. The summed E-state index contributed by atoms with van der Waals surface area (Å²) in [5, 5.41) is 9.24. The van der Waals surface area contributed by atoms with Crippen molar-refractivity contribution in [2.45, 2.75) is 13.3 Å². The van der Waals surface area contributed by atoms with Gasteiger partial charge in [0.25, 0.3) is 0 Å². The number of benzene rings is 1. The zero-order valence-corrected chi connectivity index (χ0v) is 13.5. The number of carboxylic acids is 1. The van der Waals surface area contributed by atoms with Crippen LogP contribution in [0.1, 0.15) is 18.9 Å². The van der Waals surface area contributed by atoms with Crippen molar-refractivity contribution in [3.63, 3.8) is 0 Å². The van der Waals surface area contributed by atoms with E-state index in [4.69, 9.17) is 26.2 Å².